The molecule has 0 bridgehead atoms. The van der Waals surface area contributed by atoms with Crippen LogP contribution in [0, 0.1) is 0 Å². The van der Waals surface area contributed by atoms with Gasteiger partial charge in [-0.25, -0.2) is 8.42 Å². The van der Waals surface area contributed by atoms with Crippen LogP contribution in [0.15, 0.2) is 71.6 Å². The van der Waals surface area contributed by atoms with Gasteiger partial charge in [0.05, 0.1) is 15.6 Å². The summed E-state index contributed by atoms with van der Waals surface area (Å²) in [5, 5.41) is 3.66. The number of anilines is 1. The SMILES string of the molecule is CCCNC(=O)C(C)N(Cc1c(Cl)cccc1Cl)C(=O)CN(c1cc(Cl)ccc1Cl)S(=O)(=O)c1ccccc1. The molecule has 208 valence electrons. The highest BCUT2D eigenvalue weighted by Gasteiger charge is 2.34. The molecule has 3 aromatic carbocycles. The van der Waals surface area contributed by atoms with Crippen molar-refractivity contribution in [2.75, 3.05) is 17.4 Å². The van der Waals surface area contributed by atoms with Crippen molar-refractivity contribution in [1.29, 1.82) is 0 Å². The maximum Gasteiger partial charge on any atom is 0.264 e. The molecule has 0 aliphatic rings. The lowest BCUT2D eigenvalue weighted by atomic mass is 10.1. The second-order valence-corrected chi connectivity index (χ2v) is 12.1. The standard InChI is InChI=1S/C27H27Cl4N3O4S/c1-3-14-32-27(36)18(2)33(16-21-22(29)10-7-11-23(21)30)26(35)17-34(25-15-19(28)12-13-24(25)31)39(37,38)20-8-5-4-6-9-20/h4-13,15,18H,3,14,16-17H2,1-2H3,(H,32,36). The summed E-state index contributed by atoms with van der Waals surface area (Å²) in [7, 11) is -4.28. The molecule has 39 heavy (non-hydrogen) atoms. The van der Waals surface area contributed by atoms with Gasteiger partial charge in [0.15, 0.2) is 0 Å². The Labute approximate surface area is 248 Å². The van der Waals surface area contributed by atoms with Crippen LogP contribution in [-0.2, 0) is 26.2 Å². The van der Waals surface area contributed by atoms with E-state index in [1.165, 1.54) is 35.2 Å². The summed E-state index contributed by atoms with van der Waals surface area (Å²) in [6.07, 6.45) is 0.694. The van der Waals surface area contributed by atoms with Gasteiger partial charge in [-0.1, -0.05) is 77.6 Å². The molecule has 1 unspecified atom stereocenters. The molecule has 1 atom stereocenters. The Bertz CT molecular complexity index is 1420. The minimum atomic E-state index is -4.28. The third-order valence-corrected chi connectivity index (χ3v) is 8.93. The summed E-state index contributed by atoms with van der Waals surface area (Å²) < 4.78 is 28.5. The largest absolute Gasteiger partial charge is 0.354 e. The molecule has 1 N–H and O–H groups in total. The van der Waals surface area contributed by atoms with Gasteiger partial charge in [0.1, 0.15) is 12.6 Å². The number of amides is 2. The molecule has 0 heterocycles. The first-order chi connectivity index (χ1) is 18.5. The Kier molecular flexibility index (Phi) is 10.9. The third-order valence-electron chi connectivity index (χ3n) is 5.89. The van der Waals surface area contributed by atoms with Gasteiger partial charge in [-0.05, 0) is 55.8 Å². The number of sulfonamides is 1. The zero-order chi connectivity index (χ0) is 28.7. The number of hydrogen-bond acceptors (Lipinski definition) is 4. The molecule has 3 rings (SSSR count). The van der Waals surface area contributed by atoms with E-state index in [9.17, 15) is 18.0 Å². The lowest BCUT2D eigenvalue weighted by Gasteiger charge is -2.32. The molecule has 0 fully saturated rings. The summed E-state index contributed by atoms with van der Waals surface area (Å²) in [5.41, 5.74) is 0.433. The van der Waals surface area contributed by atoms with Gasteiger partial charge in [0, 0.05) is 33.7 Å². The monoisotopic (exact) mass is 629 g/mol. The fourth-order valence-corrected chi connectivity index (χ4v) is 6.14. The molecule has 0 spiro atoms. The van der Waals surface area contributed by atoms with Gasteiger partial charge in [-0.2, -0.15) is 0 Å². The Morgan fingerprint density at radius 3 is 2.15 bits per heavy atom. The second kappa shape index (κ2) is 13.7. The van der Waals surface area contributed by atoms with Crippen LogP contribution in [0.4, 0.5) is 5.69 Å². The van der Waals surface area contributed by atoms with E-state index in [4.69, 9.17) is 46.4 Å². The minimum absolute atomic E-state index is 0.0141. The lowest BCUT2D eigenvalue weighted by Crippen LogP contribution is -2.51. The molecule has 12 heteroatoms. The topological polar surface area (TPSA) is 86.8 Å². The number of halogens is 4. The molecular formula is C27H27Cl4N3O4S. The van der Waals surface area contributed by atoms with E-state index in [0.717, 1.165) is 4.31 Å². The number of nitrogens with zero attached hydrogens (tertiary/aromatic N) is 2. The van der Waals surface area contributed by atoms with Crippen molar-refractivity contribution < 1.29 is 18.0 Å². The zero-order valence-corrected chi connectivity index (χ0v) is 25.0. The molecular weight excluding hydrogens is 604 g/mol. The van der Waals surface area contributed by atoms with E-state index in [0.29, 0.717) is 28.6 Å². The molecule has 0 saturated carbocycles. The summed E-state index contributed by atoms with van der Waals surface area (Å²) in [4.78, 5) is 28.1. The normalized spacial score (nSPS) is 12.1. The number of carbonyl (C=O) groups is 2. The summed E-state index contributed by atoms with van der Waals surface area (Å²) in [6.45, 7) is 3.05. The van der Waals surface area contributed by atoms with Crippen molar-refractivity contribution >= 4 is 73.9 Å². The summed E-state index contributed by atoms with van der Waals surface area (Å²) in [5.74, 6) is -1.09. The number of rotatable bonds is 11. The number of benzene rings is 3. The van der Waals surface area contributed by atoms with Crippen molar-refractivity contribution in [3.05, 3.63) is 92.4 Å². The van der Waals surface area contributed by atoms with Gasteiger partial charge in [0.2, 0.25) is 11.8 Å². The van der Waals surface area contributed by atoms with Crippen LogP contribution in [0.2, 0.25) is 20.1 Å². The summed E-state index contributed by atoms with van der Waals surface area (Å²) in [6, 6.07) is 15.9. The predicted octanol–water partition coefficient (Wildman–Crippen LogP) is 6.44. The van der Waals surface area contributed by atoms with Crippen molar-refractivity contribution in [1.82, 2.24) is 10.2 Å². The Hall–Kier alpha value is -2.49. The van der Waals surface area contributed by atoms with Gasteiger partial charge in [-0.3, -0.25) is 13.9 Å². The van der Waals surface area contributed by atoms with E-state index in [2.05, 4.69) is 5.32 Å². The van der Waals surface area contributed by atoms with Crippen LogP contribution in [0.1, 0.15) is 25.8 Å². The van der Waals surface area contributed by atoms with Crippen LogP contribution in [0.5, 0.6) is 0 Å². The van der Waals surface area contributed by atoms with E-state index < -0.39 is 34.4 Å². The number of hydrogen-bond donors (Lipinski definition) is 1. The van der Waals surface area contributed by atoms with E-state index in [1.807, 2.05) is 6.92 Å². The zero-order valence-electron chi connectivity index (χ0n) is 21.2. The third kappa shape index (κ3) is 7.58. The highest BCUT2D eigenvalue weighted by Crippen LogP contribution is 2.33. The van der Waals surface area contributed by atoms with Gasteiger partial charge >= 0.3 is 0 Å². The van der Waals surface area contributed by atoms with Crippen molar-refractivity contribution in [3.8, 4) is 0 Å². The number of nitrogens with one attached hydrogen (secondary N) is 1. The van der Waals surface area contributed by atoms with Crippen LogP contribution in [-0.4, -0.2) is 44.3 Å². The van der Waals surface area contributed by atoms with Crippen LogP contribution < -0.4 is 9.62 Å². The van der Waals surface area contributed by atoms with Crippen LogP contribution in [0.3, 0.4) is 0 Å². The Morgan fingerprint density at radius 2 is 1.54 bits per heavy atom. The van der Waals surface area contributed by atoms with E-state index >= 15 is 0 Å². The highest BCUT2D eigenvalue weighted by molar-refractivity contribution is 7.92. The van der Waals surface area contributed by atoms with E-state index in [-0.39, 0.29) is 27.2 Å². The summed E-state index contributed by atoms with van der Waals surface area (Å²) >= 11 is 25.3. The van der Waals surface area contributed by atoms with Crippen molar-refractivity contribution in [2.45, 2.75) is 37.8 Å². The smallest absolute Gasteiger partial charge is 0.264 e. The first-order valence-electron chi connectivity index (χ1n) is 12.0. The molecule has 0 aliphatic heterocycles. The van der Waals surface area contributed by atoms with Gasteiger partial charge in [0.25, 0.3) is 10.0 Å². The molecule has 0 aliphatic carbocycles. The molecule has 0 radical (unpaired) electrons. The molecule has 0 saturated heterocycles. The highest BCUT2D eigenvalue weighted by atomic mass is 35.5. The lowest BCUT2D eigenvalue weighted by molar-refractivity contribution is -0.139. The Balaban J connectivity index is 2.09. The van der Waals surface area contributed by atoms with Crippen molar-refractivity contribution in [3.63, 3.8) is 0 Å². The Morgan fingerprint density at radius 1 is 0.897 bits per heavy atom. The first-order valence-corrected chi connectivity index (χ1v) is 15.0. The maximum atomic E-state index is 13.9. The second-order valence-electron chi connectivity index (χ2n) is 8.61. The fourth-order valence-electron chi connectivity index (χ4n) is 3.74. The first kappa shape index (κ1) is 31.0. The van der Waals surface area contributed by atoms with Crippen LogP contribution >= 0.6 is 46.4 Å². The van der Waals surface area contributed by atoms with Crippen molar-refractivity contribution in [2.24, 2.45) is 0 Å². The minimum Gasteiger partial charge on any atom is -0.354 e. The average Bonchev–Trinajstić information content (AvgIpc) is 2.91. The average molecular weight is 631 g/mol. The van der Waals surface area contributed by atoms with E-state index in [1.54, 1.807) is 43.3 Å². The quantitative estimate of drug-likeness (QED) is 0.264. The van der Waals surface area contributed by atoms with Crippen LogP contribution in [0.25, 0.3) is 0 Å². The van der Waals surface area contributed by atoms with Gasteiger partial charge < -0.3 is 10.2 Å². The molecule has 2 amide bonds. The maximum absolute atomic E-state index is 13.9. The number of carbonyl (C=O) groups excluding carboxylic acids is 2. The fraction of sp³-hybridized carbons (Fsp3) is 0.259. The molecule has 7 nitrogen and oxygen atoms in total. The van der Waals surface area contributed by atoms with Gasteiger partial charge in [-0.15, -0.1) is 0 Å². The predicted molar refractivity (Wildman–Crippen MR) is 157 cm³/mol. The molecule has 3 aromatic rings. The molecule has 0 aromatic heterocycles.